The van der Waals surface area contributed by atoms with Crippen LogP contribution in [0.5, 0.6) is 0 Å². The SMILES string of the molecule is C/C(=N\OCc1ccc(N=O)cc1)c1ccccc1. The van der Waals surface area contributed by atoms with Crippen molar-refractivity contribution in [2.75, 3.05) is 0 Å². The van der Waals surface area contributed by atoms with Crippen LogP contribution < -0.4 is 0 Å². The molecule has 0 aromatic heterocycles. The van der Waals surface area contributed by atoms with E-state index < -0.39 is 0 Å². The van der Waals surface area contributed by atoms with Crippen LogP contribution in [0.15, 0.2) is 64.9 Å². The van der Waals surface area contributed by atoms with Crippen molar-refractivity contribution in [2.24, 2.45) is 10.3 Å². The summed E-state index contributed by atoms with van der Waals surface area (Å²) in [4.78, 5) is 15.6. The van der Waals surface area contributed by atoms with Gasteiger partial charge in [0.15, 0.2) is 0 Å². The molecule has 0 heterocycles. The average molecular weight is 254 g/mol. The standard InChI is InChI=1S/C15H14N2O2/c1-12(14-5-3-2-4-6-14)17-19-11-13-7-9-15(16-18)10-8-13/h2-10H,11H2,1H3/b17-12+. The normalized spacial score (nSPS) is 11.1. The Morgan fingerprint density at radius 1 is 1.05 bits per heavy atom. The first-order chi connectivity index (χ1) is 9.29. The van der Waals surface area contributed by atoms with Crippen molar-refractivity contribution in [3.63, 3.8) is 0 Å². The smallest absolute Gasteiger partial charge is 0.142 e. The van der Waals surface area contributed by atoms with E-state index in [4.69, 9.17) is 4.84 Å². The third kappa shape index (κ3) is 3.74. The van der Waals surface area contributed by atoms with Gasteiger partial charge in [-0.05, 0) is 35.4 Å². The van der Waals surface area contributed by atoms with Gasteiger partial charge in [0.1, 0.15) is 12.3 Å². The minimum absolute atomic E-state index is 0.364. The zero-order chi connectivity index (χ0) is 13.5. The number of nitroso groups, excluding NO2 is 1. The summed E-state index contributed by atoms with van der Waals surface area (Å²) in [5.74, 6) is 0. The molecule has 2 rings (SSSR count). The van der Waals surface area contributed by atoms with E-state index in [0.717, 1.165) is 16.8 Å². The first-order valence-corrected chi connectivity index (χ1v) is 5.94. The van der Waals surface area contributed by atoms with Gasteiger partial charge >= 0.3 is 0 Å². The molecule has 0 saturated heterocycles. The molecule has 0 aliphatic rings. The quantitative estimate of drug-likeness (QED) is 0.459. The number of hydrogen-bond acceptors (Lipinski definition) is 4. The van der Waals surface area contributed by atoms with E-state index in [1.807, 2.05) is 37.3 Å². The predicted octanol–water partition coefficient (Wildman–Crippen LogP) is 4.03. The summed E-state index contributed by atoms with van der Waals surface area (Å²) in [6.45, 7) is 2.26. The van der Waals surface area contributed by atoms with E-state index in [2.05, 4.69) is 10.3 Å². The number of oxime groups is 1. The largest absolute Gasteiger partial charge is 0.391 e. The van der Waals surface area contributed by atoms with E-state index in [1.165, 1.54) is 0 Å². The lowest BCUT2D eigenvalue weighted by Crippen LogP contribution is -1.96. The fourth-order valence-corrected chi connectivity index (χ4v) is 1.59. The monoisotopic (exact) mass is 254 g/mol. The van der Waals surface area contributed by atoms with Gasteiger partial charge < -0.3 is 4.84 Å². The Hall–Kier alpha value is -2.49. The van der Waals surface area contributed by atoms with E-state index >= 15 is 0 Å². The number of hydrogen-bond donors (Lipinski definition) is 0. The summed E-state index contributed by atoms with van der Waals surface area (Å²) >= 11 is 0. The second-order valence-electron chi connectivity index (χ2n) is 4.07. The van der Waals surface area contributed by atoms with Crippen LogP contribution in [0.1, 0.15) is 18.1 Å². The average Bonchev–Trinajstić information content (AvgIpc) is 2.49. The third-order valence-corrected chi connectivity index (χ3v) is 2.67. The van der Waals surface area contributed by atoms with Crippen molar-refractivity contribution in [3.8, 4) is 0 Å². The van der Waals surface area contributed by atoms with Crippen molar-refractivity contribution in [3.05, 3.63) is 70.6 Å². The molecule has 0 spiro atoms. The van der Waals surface area contributed by atoms with Gasteiger partial charge in [-0.1, -0.05) is 47.6 Å². The van der Waals surface area contributed by atoms with Gasteiger partial charge in [-0.2, -0.15) is 0 Å². The molecule has 0 saturated carbocycles. The molecule has 0 bridgehead atoms. The second kappa shape index (κ2) is 6.44. The fourth-order valence-electron chi connectivity index (χ4n) is 1.59. The first-order valence-electron chi connectivity index (χ1n) is 5.94. The van der Waals surface area contributed by atoms with Gasteiger partial charge in [0.05, 0.1) is 5.71 Å². The fraction of sp³-hybridized carbons (Fsp3) is 0.133. The second-order valence-corrected chi connectivity index (χ2v) is 4.07. The third-order valence-electron chi connectivity index (χ3n) is 2.67. The highest BCUT2D eigenvalue weighted by Crippen LogP contribution is 2.13. The molecule has 0 aliphatic carbocycles. The van der Waals surface area contributed by atoms with Crippen LogP contribution in [0.4, 0.5) is 5.69 Å². The van der Waals surface area contributed by atoms with Crippen LogP contribution in [0.3, 0.4) is 0 Å². The number of rotatable bonds is 5. The zero-order valence-electron chi connectivity index (χ0n) is 10.6. The minimum Gasteiger partial charge on any atom is -0.391 e. The summed E-state index contributed by atoms with van der Waals surface area (Å²) in [5, 5.41) is 6.91. The molecule has 0 aliphatic heterocycles. The Morgan fingerprint density at radius 3 is 2.37 bits per heavy atom. The Morgan fingerprint density at radius 2 is 1.74 bits per heavy atom. The highest BCUT2D eigenvalue weighted by atomic mass is 16.6. The van der Waals surface area contributed by atoms with Crippen LogP contribution in [0.2, 0.25) is 0 Å². The molecule has 0 fully saturated rings. The first kappa shape index (κ1) is 13.0. The van der Waals surface area contributed by atoms with Gasteiger partial charge in [0, 0.05) is 0 Å². The van der Waals surface area contributed by atoms with Crippen molar-refractivity contribution in [1.29, 1.82) is 0 Å². The summed E-state index contributed by atoms with van der Waals surface area (Å²) in [5.41, 5.74) is 3.21. The lowest BCUT2D eigenvalue weighted by atomic mass is 10.1. The minimum atomic E-state index is 0.364. The van der Waals surface area contributed by atoms with Crippen molar-refractivity contribution < 1.29 is 4.84 Å². The van der Waals surface area contributed by atoms with Gasteiger partial charge in [-0.3, -0.25) is 0 Å². The predicted molar refractivity (Wildman–Crippen MR) is 75.3 cm³/mol. The summed E-state index contributed by atoms with van der Waals surface area (Å²) in [7, 11) is 0. The maximum absolute atomic E-state index is 10.3. The number of nitrogens with zero attached hydrogens (tertiary/aromatic N) is 2. The van der Waals surface area contributed by atoms with Crippen LogP contribution in [0.25, 0.3) is 0 Å². The topological polar surface area (TPSA) is 51.0 Å². The van der Waals surface area contributed by atoms with Crippen molar-refractivity contribution >= 4 is 11.4 Å². The van der Waals surface area contributed by atoms with Gasteiger partial charge in [-0.15, -0.1) is 4.91 Å². The zero-order valence-corrected chi connectivity index (χ0v) is 10.6. The van der Waals surface area contributed by atoms with Gasteiger partial charge in [0.2, 0.25) is 0 Å². The molecule has 2 aromatic rings. The van der Waals surface area contributed by atoms with Crippen molar-refractivity contribution in [2.45, 2.75) is 13.5 Å². The highest BCUT2D eigenvalue weighted by molar-refractivity contribution is 5.98. The van der Waals surface area contributed by atoms with Crippen molar-refractivity contribution in [1.82, 2.24) is 0 Å². The highest BCUT2D eigenvalue weighted by Gasteiger charge is 1.97. The molecule has 19 heavy (non-hydrogen) atoms. The molecular formula is C15H14N2O2. The van der Waals surface area contributed by atoms with Crippen LogP contribution in [-0.2, 0) is 11.4 Å². The lowest BCUT2D eigenvalue weighted by molar-refractivity contribution is 0.130. The molecule has 2 aromatic carbocycles. The van der Waals surface area contributed by atoms with E-state index in [-0.39, 0.29) is 0 Å². The molecule has 96 valence electrons. The summed E-state index contributed by atoms with van der Waals surface area (Å²) in [6, 6.07) is 16.7. The molecule has 0 unspecified atom stereocenters. The molecule has 4 heteroatoms. The Labute approximate surface area is 111 Å². The van der Waals surface area contributed by atoms with Crippen LogP contribution >= 0.6 is 0 Å². The molecule has 0 radical (unpaired) electrons. The Balaban J connectivity index is 1.93. The lowest BCUT2D eigenvalue weighted by Gasteiger charge is -2.02. The van der Waals surface area contributed by atoms with Crippen LogP contribution in [0, 0.1) is 4.91 Å². The molecule has 4 nitrogen and oxygen atoms in total. The van der Waals surface area contributed by atoms with E-state index in [0.29, 0.717) is 12.3 Å². The summed E-state index contributed by atoms with van der Waals surface area (Å²) < 4.78 is 0. The Kier molecular flexibility index (Phi) is 4.39. The van der Waals surface area contributed by atoms with E-state index in [1.54, 1.807) is 24.3 Å². The number of benzene rings is 2. The van der Waals surface area contributed by atoms with Gasteiger partial charge in [0.25, 0.3) is 0 Å². The van der Waals surface area contributed by atoms with E-state index in [9.17, 15) is 4.91 Å². The maximum Gasteiger partial charge on any atom is 0.142 e. The molecule has 0 atom stereocenters. The molecular weight excluding hydrogens is 240 g/mol. The molecule has 0 N–H and O–H groups in total. The van der Waals surface area contributed by atoms with Gasteiger partial charge in [-0.25, -0.2) is 0 Å². The summed E-state index contributed by atoms with van der Waals surface area (Å²) in [6.07, 6.45) is 0. The Bertz CT molecular complexity index is 562. The van der Waals surface area contributed by atoms with Crippen LogP contribution in [-0.4, -0.2) is 5.71 Å². The maximum atomic E-state index is 10.3. The molecule has 0 amide bonds.